The van der Waals surface area contributed by atoms with Crippen molar-refractivity contribution in [3.05, 3.63) is 34.2 Å². The SMILES string of the molecule is CCc1ccc(C=C2SC(=O)NC2=O)c(N2CCNCC2)c1. The molecule has 1 aromatic rings. The number of hydrogen-bond donors (Lipinski definition) is 2. The molecule has 0 saturated carbocycles. The van der Waals surface area contributed by atoms with Crippen LogP contribution in [0.25, 0.3) is 6.08 Å². The van der Waals surface area contributed by atoms with Crippen molar-refractivity contribution >= 4 is 34.7 Å². The van der Waals surface area contributed by atoms with Crippen LogP contribution in [-0.4, -0.2) is 37.3 Å². The Hall–Kier alpha value is -1.79. The van der Waals surface area contributed by atoms with Crippen LogP contribution in [0.4, 0.5) is 10.5 Å². The maximum Gasteiger partial charge on any atom is 0.290 e. The fourth-order valence-electron chi connectivity index (χ4n) is 2.67. The van der Waals surface area contributed by atoms with Crippen molar-refractivity contribution in [3.63, 3.8) is 0 Å². The van der Waals surface area contributed by atoms with Crippen LogP contribution in [0.1, 0.15) is 18.1 Å². The Kier molecular flexibility index (Phi) is 4.49. The summed E-state index contributed by atoms with van der Waals surface area (Å²) < 4.78 is 0. The van der Waals surface area contributed by atoms with Crippen molar-refractivity contribution in [1.29, 1.82) is 0 Å². The van der Waals surface area contributed by atoms with E-state index in [-0.39, 0.29) is 11.1 Å². The Balaban J connectivity index is 1.97. The molecule has 5 nitrogen and oxygen atoms in total. The number of thioether (sulfide) groups is 1. The van der Waals surface area contributed by atoms with Crippen molar-refractivity contribution in [3.8, 4) is 0 Å². The molecule has 2 heterocycles. The van der Waals surface area contributed by atoms with Gasteiger partial charge >= 0.3 is 0 Å². The highest BCUT2D eigenvalue weighted by molar-refractivity contribution is 8.18. The number of aryl methyl sites for hydroxylation is 1. The number of rotatable bonds is 3. The minimum Gasteiger partial charge on any atom is -0.368 e. The zero-order valence-electron chi connectivity index (χ0n) is 12.5. The topological polar surface area (TPSA) is 61.4 Å². The summed E-state index contributed by atoms with van der Waals surface area (Å²) in [6.07, 6.45) is 2.80. The van der Waals surface area contributed by atoms with Crippen LogP contribution in [-0.2, 0) is 11.2 Å². The second-order valence-corrected chi connectivity index (χ2v) is 6.35. The first-order valence-electron chi connectivity index (χ1n) is 7.51. The van der Waals surface area contributed by atoms with Gasteiger partial charge in [-0.15, -0.1) is 0 Å². The van der Waals surface area contributed by atoms with Gasteiger partial charge in [-0.1, -0.05) is 19.1 Å². The van der Waals surface area contributed by atoms with Crippen LogP contribution in [0.15, 0.2) is 23.1 Å². The molecular formula is C16H19N3O2S. The number of hydrogen-bond acceptors (Lipinski definition) is 5. The lowest BCUT2D eigenvalue weighted by Crippen LogP contribution is -2.43. The Morgan fingerprint density at radius 1 is 1.27 bits per heavy atom. The summed E-state index contributed by atoms with van der Waals surface area (Å²) in [6.45, 7) is 5.94. The van der Waals surface area contributed by atoms with Crippen LogP contribution in [0.5, 0.6) is 0 Å². The van der Waals surface area contributed by atoms with Crippen molar-refractivity contribution in [2.75, 3.05) is 31.1 Å². The number of anilines is 1. The van der Waals surface area contributed by atoms with Crippen LogP contribution in [0, 0.1) is 0 Å². The lowest BCUT2D eigenvalue weighted by molar-refractivity contribution is -0.115. The predicted octanol–water partition coefficient (Wildman–Crippen LogP) is 1.98. The van der Waals surface area contributed by atoms with Crippen LogP contribution in [0.3, 0.4) is 0 Å². The molecule has 1 aromatic carbocycles. The molecule has 2 aliphatic heterocycles. The van der Waals surface area contributed by atoms with E-state index in [1.54, 1.807) is 0 Å². The molecule has 0 atom stereocenters. The van der Waals surface area contributed by atoms with Gasteiger partial charge in [-0.05, 0) is 41.5 Å². The maximum atomic E-state index is 11.8. The third kappa shape index (κ3) is 3.18. The van der Waals surface area contributed by atoms with E-state index in [0.717, 1.165) is 55.6 Å². The highest BCUT2D eigenvalue weighted by Crippen LogP contribution is 2.30. The Labute approximate surface area is 134 Å². The van der Waals surface area contributed by atoms with Gasteiger partial charge in [0.15, 0.2) is 0 Å². The first-order valence-corrected chi connectivity index (χ1v) is 8.32. The van der Waals surface area contributed by atoms with Gasteiger partial charge in [0.25, 0.3) is 11.1 Å². The van der Waals surface area contributed by atoms with E-state index >= 15 is 0 Å². The van der Waals surface area contributed by atoms with E-state index in [2.05, 4.69) is 34.6 Å². The molecule has 0 aliphatic carbocycles. The molecule has 2 fully saturated rings. The monoisotopic (exact) mass is 317 g/mol. The summed E-state index contributed by atoms with van der Waals surface area (Å²) in [4.78, 5) is 25.9. The number of benzene rings is 1. The third-order valence-electron chi connectivity index (χ3n) is 3.89. The minimum atomic E-state index is -0.305. The molecule has 22 heavy (non-hydrogen) atoms. The molecular weight excluding hydrogens is 298 g/mol. The lowest BCUT2D eigenvalue weighted by atomic mass is 10.0. The van der Waals surface area contributed by atoms with E-state index in [0.29, 0.717) is 4.91 Å². The van der Waals surface area contributed by atoms with E-state index < -0.39 is 0 Å². The van der Waals surface area contributed by atoms with E-state index in [9.17, 15) is 9.59 Å². The second-order valence-electron chi connectivity index (χ2n) is 5.34. The van der Waals surface area contributed by atoms with Crippen LogP contribution < -0.4 is 15.5 Å². The molecule has 0 aromatic heterocycles. The quantitative estimate of drug-likeness (QED) is 0.835. The molecule has 0 spiro atoms. The summed E-state index contributed by atoms with van der Waals surface area (Å²) >= 11 is 0.964. The molecule has 6 heteroatoms. The summed E-state index contributed by atoms with van der Waals surface area (Å²) in [5, 5.41) is 5.35. The molecule has 2 aliphatic rings. The predicted molar refractivity (Wildman–Crippen MR) is 90.0 cm³/mol. The molecule has 0 radical (unpaired) electrons. The molecule has 2 amide bonds. The van der Waals surface area contributed by atoms with Crippen molar-refractivity contribution in [1.82, 2.24) is 10.6 Å². The first kappa shape index (κ1) is 15.1. The largest absolute Gasteiger partial charge is 0.368 e. The van der Waals surface area contributed by atoms with Gasteiger partial charge < -0.3 is 10.2 Å². The van der Waals surface area contributed by atoms with Gasteiger partial charge in [0.2, 0.25) is 0 Å². The zero-order valence-corrected chi connectivity index (χ0v) is 13.3. The van der Waals surface area contributed by atoms with Gasteiger partial charge in [-0.25, -0.2) is 0 Å². The number of amides is 2. The van der Waals surface area contributed by atoms with E-state index in [1.165, 1.54) is 5.56 Å². The van der Waals surface area contributed by atoms with E-state index in [1.807, 2.05) is 12.1 Å². The standard InChI is InChI=1S/C16H19N3O2S/c1-2-11-3-4-12(10-14-15(20)18-16(21)22-14)13(9-11)19-7-5-17-6-8-19/h3-4,9-10,17H,2,5-8H2,1H3,(H,18,20,21). The third-order valence-corrected chi connectivity index (χ3v) is 4.70. The van der Waals surface area contributed by atoms with Crippen LogP contribution in [0.2, 0.25) is 0 Å². The molecule has 2 N–H and O–H groups in total. The summed E-state index contributed by atoms with van der Waals surface area (Å²) in [5.41, 5.74) is 3.41. The van der Waals surface area contributed by atoms with Gasteiger partial charge in [0.1, 0.15) is 0 Å². The number of carbonyl (C=O) groups excluding carboxylic acids is 2. The molecule has 2 saturated heterocycles. The normalized spacial score (nSPS) is 20.6. The Bertz CT molecular complexity index is 636. The number of nitrogens with one attached hydrogen (secondary N) is 2. The van der Waals surface area contributed by atoms with Crippen LogP contribution >= 0.6 is 11.8 Å². The number of imide groups is 1. The Morgan fingerprint density at radius 2 is 2.05 bits per heavy atom. The van der Waals surface area contributed by atoms with Gasteiger partial charge in [-0.3, -0.25) is 14.9 Å². The van der Waals surface area contributed by atoms with Gasteiger partial charge in [0, 0.05) is 31.9 Å². The molecule has 0 unspecified atom stereocenters. The average Bonchev–Trinajstić information content (AvgIpc) is 2.86. The fourth-order valence-corrected chi connectivity index (χ4v) is 3.35. The fraction of sp³-hybridized carbons (Fsp3) is 0.375. The molecule has 116 valence electrons. The van der Waals surface area contributed by atoms with Crippen molar-refractivity contribution in [2.24, 2.45) is 0 Å². The molecule has 0 bridgehead atoms. The van der Waals surface area contributed by atoms with Gasteiger partial charge in [0.05, 0.1) is 4.91 Å². The molecule has 3 rings (SSSR count). The summed E-state index contributed by atoms with van der Waals surface area (Å²) in [6, 6.07) is 6.31. The minimum absolute atomic E-state index is 0.301. The smallest absolute Gasteiger partial charge is 0.290 e. The number of carbonyl (C=O) groups is 2. The second kappa shape index (κ2) is 6.54. The number of piperazine rings is 1. The Morgan fingerprint density at radius 3 is 2.68 bits per heavy atom. The lowest BCUT2D eigenvalue weighted by Gasteiger charge is -2.31. The van der Waals surface area contributed by atoms with Gasteiger partial charge in [-0.2, -0.15) is 0 Å². The average molecular weight is 317 g/mol. The van der Waals surface area contributed by atoms with Crippen molar-refractivity contribution < 1.29 is 9.59 Å². The van der Waals surface area contributed by atoms with Crippen molar-refractivity contribution in [2.45, 2.75) is 13.3 Å². The number of nitrogens with zero attached hydrogens (tertiary/aromatic N) is 1. The maximum absolute atomic E-state index is 11.8. The highest BCUT2D eigenvalue weighted by Gasteiger charge is 2.25. The van der Waals surface area contributed by atoms with E-state index in [4.69, 9.17) is 0 Å². The highest BCUT2D eigenvalue weighted by atomic mass is 32.2. The first-order chi connectivity index (χ1) is 10.7. The zero-order chi connectivity index (χ0) is 15.5. The summed E-state index contributed by atoms with van der Waals surface area (Å²) in [7, 11) is 0. The summed E-state index contributed by atoms with van der Waals surface area (Å²) in [5.74, 6) is -0.305.